The highest BCUT2D eigenvalue weighted by Gasteiger charge is 2.40. The summed E-state index contributed by atoms with van der Waals surface area (Å²) < 4.78 is 6.09. The van der Waals surface area contributed by atoms with E-state index in [1.807, 2.05) is 18.2 Å². The first kappa shape index (κ1) is 17.0. The van der Waals surface area contributed by atoms with Gasteiger partial charge in [0, 0.05) is 18.5 Å². The number of carbonyl (C=O) groups excluding carboxylic acids is 1. The number of benzene rings is 1. The van der Waals surface area contributed by atoms with Crippen LogP contribution < -0.4 is 5.32 Å². The first-order valence-corrected chi connectivity index (χ1v) is 9.74. The highest BCUT2D eigenvalue weighted by atomic mass is 16.5. The van der Waals surface area contributed by atoms with Gasteiger partial charge in [-0.1, -0.05) is 30.3 Å². The monoisotopic (exact) mass is 342 g/mol. The fourth-order valence-corrected chi connectivity index (χ4v) is 4.86. The van der Waals surface area contributed by atoms with Crippen molar-refractivity contribution >= 4 is 5.91 Å². The molecule has 3 saturated heterocycles. The number of ether oxygens (including phenoxy) is 1. The molecule has 0 spiro atoms. The molecule has 3 heterocycles. The van der Waals surface area contributed by atoms with Crippen LogP contribution >= 0.6 is 0 Å². The lowest BCUT2D eigenvalue weighted by atomic mass is 9.88. The molecule has 0 radical (unpaired) electrons. The number of hydrogen-bond donors (Lipinski definition) is 1. The summed E-state index contributed by atoms with van der Waals surface area (Å²) in [6, 6.07) is 11.6. The molecule has 3 aliphatic rings. The highest BCUT2D eigenvalue weighted by molar-refractivity contribution is 5.77. The Morgan fingerprint density at radius 1 is 1.20 bits per heavy atom. The molecule has 3 fully saturated rings. The van der Waals surface area contributed by atoms with Gasteiger partial charge >= 0.3 is 0 Å². The smallest absolute Gasteiger partial charge is 0.223 e. The van der Waals surface area contributed by atoms with Gasteiger partial charge in [0.05, 0.1) is 18.7 Å². The van der Waals surface area contributed by atoms with Crippen molar-refractivity contribution in [3.63, 3.8) is 0 Å². The molecule has 4 nitrogen and oxygen atoms in total. The van der Waals surface area contributed by atoms with E-state index in [0.29, 0.717) is 43.5 Å². The van der Waals surface area contributed by atoms with Crippen LogP contribution in [0.1, 0.15) is 57.6 Å². The number of hydrogen-bond acceptors (Lipinski definition) is 3. The van der Waals surface area contributed by atoms with E-state index in [0.717, 1.165) is 18.4 Å². The normalized spacial score (nSPS) is 34.1. The zero-order chi connectivity index (χ0) is 17.4. The minimum atomic E-state index is -0.228. The van der Waals surface area contributed by atoms with E-state index in [1.165, 1.54) is 12.8 Å². The minimum Gasteiger partial charge on any atom is -0.369 e. The number of nitrogens with zero attached hydrogens (tertiary/aromatic N) is 1. The van der Waals surface area contributed by atoms with Gasteiger partial charge in [0.25, 0.3) is 0 Å². The van der Waals surface area contributed by atoms with Gasteiger partial charge in [0.15, 0.2) is 0 Å². The van der Waals surface area contributed by atoms with Crippen molar-refractivity contribution in [3.8, 4) is 0 Å². The summed E-state index contributed by atoms with van der Waals surface area (Å²) in [6.45, 7) is 5.50. The molecular formula is C21H30N2O2. The van der Waals surface area contributed by atoms with Crippen LogP contribution in [-0.2, 0) is 9.53 Å². The number of carbonyl (C=O) groups is 1. The number of amides is 1. The average molecular weight is 342 g/mol. The molecule has 0 aromatic heterocycles. The number of nitrogens with one attached hydrogen (secondary N) is 1. The molecule has 0 aliphatic carbocycles. The van der Waals surface area contributed by atoms with Gasteiger partial charge in [-0.25, -0.2) is 0 Å². The number of rotatable bonds is 3. The van der Waals surface area contributed by atoms with Crippen LogP contribution in [0.4, 0.5) is 0 Å². The van der Waals surface area contributed by atoms with E-state index in [2.05, 4.69) is 36.2 Å². The van der Waals surface area contributed by atoms with Crippen LogP contribution in [0.3, 0.4) is 0 Å². The van der Waals surface area contributed by atoms with Crippen LogP contribution in [0.15, 0.2) is 30.3 Å². The third kappa shape index (κ3) is 3.61. The molecule has 1 amide bonds. The molecule has 3 atom stereocenters. The van der Waals surface area contributed by atoms with Crippen LogP contribution in [0.2, 0.25) is 0 Å². The second kappa shape index (κ2) is 6.73. The van der Waals surface area contributed by atoms with E-state index in [1.54, 1.807) is 0 Å². The molecule has 4 rings (SSSR count). The van der Waals surface area contributed by atoms with Crippen LogP contribution in [0.25, 0.3) is 0 Å². The van der Waals surface area contributed by atoms with Crippen LogP contribution in [0.5, 0.6) is 0 Å². The Labute approximate surface area is 150 Å². The first-order valence-electron chi connectivity index (χ1n) is 9.74. The molecule has 1 aromatic rings. The van der Waals surface area contributed by atoms with Crippen LogP contribution in [0, 0.1) is 5.92 Å². The van der Waals surface area contributed by atoms with Gasteiger partial charge in [-0.05, 0) is 51.0 Å². The van der Waals surface area contributed by atoms with E-state index in [4.69, 9.17) is 4.74 Å². The minimum absolute atomic E-state index is 0.0117. The van der Waals surface area contributed by atoms with Crippen molar-refractivity contribution in [2.45, 2.75) is 69.7 Å². The zero-order valence-electron chi connectivity index (χ0n) is 15.4. The predicted molar refractivity (Wildman–Crippen MR) is 98.2 cm³/mol. The Hall–Kier alpha value is -1.39. The number of fused-ring (bicyclic) bond motifs is 2. The van der Waals surface area contributed by atoms with E-state index < -0.39 is 0 Å². The molecule has 136 valence electrons. The Kier molecular flexibility index (Phi) is 4.59. The van der Waals surface area contributed by atoms with Gasteiger partial charge in [-0.2, -0.15) is 0 Å². The summed E-state index contributed by atoms with van der Waals surface area (Å²) in [5.74, 6) is 0.848. The summed E-state index contributed by atoms with van der Waals surface area (Å²) in [4.78, 5) is 15.2. The Morgan fingerprint density at radius 3 is 2.56 bits per heavy atom. The van der Waals surface area contributed by atoms with Gasteiger partial charge in [-0.3, -0.25) is 4.79 Å². The topological polar surface area (TPSA) is 41.6 Å². The molecule has 0 saturated carbocycles. The summed E-state index contributed by atoms with van der Waals surface area (Å²) in [7, 11) is 0. The quantitative estimate of drug-likeness (QED) is 0.916. The van der Waals surface area contributed by atoms with Crippen LogP contribution in [-0.4, -0.2) is 41.6 Å². The summed E-state index contributed by atoms with van der Waals surface area (Å²) >= 11 is 0. The molecule has 2 bridgehead atoms. The van der Waals surface area contributed by atoms with Crippen molar-refractivity contribution in [2.24, 2.45) is 5.92 Å². The maximum atomic E-state index is 13.1. The fourth-order valence-electron chi connectivity index (χ4n) is 4.86. The maximum absolute atomic E-state index is 13.1. The average Bonchev–Trinajstić information content (AvgIpc) is 2.94. The van der Waals surface area contributed by atoms with Gasteiger partial charge in [0.2, 0.25) is 5.91 Å². The Morgan fingerprint density at radius 2 is 1.88 bits per heavy atom. The highest BCUT2D eigenvalue weighted by Crippen LogP contribution is 2.35. The van der Waals surface area contributed by atoms with E-state index >= 15 is 0 Å². The maximum Gasteiger partial charge on any atom is 0.223 e. The van der Waals surface area contributed by atoms with E-state index in [9.17, 15) is 4.79 Å². The Bertz CT molecular complexity index is 604. The molecule has 3 unspecified atom stereocenters. The molecular weight excluding hydrogens is 312 g/mol. The zero-order valence-corrected chi connectivity index (χ0v) is 15.4. The third-order valence-electron chi connectivity index (χ3n) is 6.22. The van der Waals surface area contributed by atoms with Crippen molar-refractivity contribution in [1.29, 1.82) is 0 Å². The van der Waals surface area contributed by atoms with Crippen molar-refractivity contribution in [3.05, 3.63) is 35.9 Å². The van der Waals surface area contributed by atoms with Gasteiger partial charge < -0.3 is 15.0 Å². The fraction of sp³-hybridized carbons (Fsp3) is 0.667. The van der Waals surface area contributed by atoms with Gasteiger partial charge in [0.1, 0.15) is 6.10 Å². The lowest BCUT2D eigenvalue weighted by Gasteiger charge is -2.46. The summed E-state index contributed by atoms with van der Waals surface area (Å²) in [6.07, 6.45) is 5.58. The second-order valence-electron chi connectivity index (χ2n) is 8.71. The molecule has 1 N–H and O–H groups in total. The number of morpholine rings is 1. The predicted octanol–water partition coefficient (Wildman–Crippen LogP) is 3.29. The largest absolute Gasteiger partial charge is 0.369 e. The van der Waals surface area contributed by atoms with E-state index in [-0.39, 0.29) is 11.6 Å². The SMILES string of the molecule is CC1(C)COC(c2ccccc2)CN1C(=O)CC1CC2CCC(C1)N2. The summed E-state index contributed by atoms with van der Waals surface area (Å²) in [5.41, 5.74) is 0.935. The molecule has 25 heavy (non-hydrogen) atoms. The molecule has 1 aromatic carbocycles. The Balaban J connectivity index is 1.43. The standard InChI is InChI=1S/C21H30N2O2/c1-21(2)14-25-19(16-6-4-3-5-7-16)13-23(21)20(24)12-15-10-17-8-9-18(11-15)22-17/h3-7,15,17-19,22H,8-14H2,1-2H3. The molecule has 3 aliphatic heterocycles. The lowest BCUT2D eigenvalue weighted by molar-refractivity contribution is -0.156. The molecule has 4 heteroatoms. The van der Waals surface area contributed by atoms with Gasteiger partial charge in [-0.15, -0.1) is 0 Å². The number of piperidine rings is 1. The first-order chi connectivity index (χ1) is 12.0. The van der Waals surface area contributed by atoms with Crippen molar-refractivity contribution in [1.82, 2.24) is 10.2 Å². The lowest BCUT2D eigenvalue weighted by Crippen LogP contribution is -2.56. The summed E-state index contributed by atoms with van der Waals surface area (Å²) in [5, 5.41) is 3.67. The van der Waals surface area contributed by atoms with Crippen molar-refractivity contribution < 1.29 is 9.53 Å². The third-order valence-corrected chi connectivity index (χ3v) is 6.22. The van der Waals surface area contributed by atoms with Crippen molar-refractivity contribution in [2.75, 3.05) is 13.2 Å². The second-order valence-corrected chi connectivity index (χ2v) is 8.71.